The van der Waals surface area contributed by atoms with Crippen LogP contribution in [0.1, 0.15) is 25.0 Å². The number of ether oxygens (including phenoxy) is 2. The lowest BCUT2D eigenvalue weighted by Gasteiger charge is -2.12. The van der Waals surface area contributed by atoms with Crippen LogP contribution in [0.15, 0.2) is 94.9 Å². The second-order valence-corrected chi connectivity index (χ2v) is 14.6. The lowest BCUT2D eigenvalue weighted by atomic mass is 10.1. The highest BCUT2D eigenvalue weighted by Crippen LogP contribution is 2.31. The average Bonchev–Trinajstić information content (AvgIpc) is 3.12. The maximum atomic E-state index is 14.3. The van der Waals surface area contributed by atoms with Gasteiger partial charge in [-0.1, -0.05) is 41.5 Å². The van der Waals surface area contributed by atoms with Gasteiger partial charge in [-0.3, -0.25) is 0 Å². The summed E-state index contributed by atoms with van der Waals surface area (Å²) >= 11 is 0. The molecule has 0 unspecified atom stereocenters. The maximum Gasteiger partial charge on any atom is 0.240 e. The molecule has 300 valence electrons. The summed E-state index contributed by atoms with van der Waals surface area (Å²) < 4.78 is 93.9. The Morgan fingerprint density at radius 2 is 1.05 bits per heavy atom. The molecule has 7 N–H and O–H groups in total. The molecule has 0 saturated carbocycles. The molecule has 4 aromatic rings. The van der Waals surface area contributed by atoms with Gasteiger partial charge in [-0.15, -0.1) is 0 Å². The molecule has 0 radical (unpaired) electrons. The number of nitrogens with one attached hydrogen (secondary N) is 1. The summed E-state index contributed by atoms with van der Waals surface area (Å²) in [6, 6.07) is 18.5. The van der Waals surface area contributed by atoms with E-state index in [1.54, 1.807) is 56.3 Å². The van der Waals surface area contributed by atoms with Gasteiger partial charge >= 0.3 is 0 Å². The zero-order chi connectivity index (χ0) is 41.1. The highest BCUT2D eigenvalue weighted by Gasteiger charge is 2.17. The highest BCUT2D eigenvalue weighted by molar-refractivity contribution is 7.89. The Balaban J connectivity index is 0.000000346. The zero-order valence-corrected chi connectivity index (χ0v) is 32.9. The first-order chi connectivity index (χ1) is 26.0. The van der Waals surface area contributed by atoms with Crippen molar-refractivity contribution in [1.82, 2.24) is 14.5 Å². The molecule has 10 nitrogen and oxygen atoms in total. The Morgan fingerprint density at radius 1 is 0.655 bits per heavy atom. The molecule has 0 spiro atoms. The van der Waals surface area contributed by atoms with Gasteiger partial charge in [0.15, 0.2) is 34.8 Å². The van der Waals surface area contributed by atoms with Crippen molar-refractivity contribution in [3.63, 3.8) is 0 Å². The molecular formula is C40H52F4N6O4S. The Morgan fingerprint density at radius 3 is 1.40 bits per heavy atom. The average molecular weight is 789 g/mol. The fourth-order valence-electron chi connectivity index (χ4n) is 4.36. The van der Waals surface area contributed by atoms with Crippen LogP contribution < -0.4 is 31.4 Å². The number of sulfonamides is 1. The molecule has 0 heterocycles. The molecule has 0 aliphatic heterocycles. The topological polar surface area (TPSA) is 149 Å². The van der Waals surface area contributed by atoms with Crippen molar-refractivity contribution >= 4 is 22.2 Å². The van der Waals surface area contributed by atoms with Crippen LogP contribution in [0.3, 0.4) is 0 Å². The number of hydrogen-bond acceptors (Lipinski definition) is 9. The summed E-state index contributed by atoms with van der Waals surface area (Å²) in [6.45, 7) is 6.72. The summed E-state index contributed by atoms with van der Waals surface area (Å²) in [6.07, 6.45) is 3.22. The summed E-state index contributed by atoms with van der Waals surface area (Å²) in [4.78, 5) is 3.93. The Kier molecular flexibility index (Phi) is 19.8. The van der Waals surface area contributed by atoms with Crippen molar-refractivity contribution in [2.24, 2.45) is 17.2 Å². The van der Waals surface area contributed by atoms with E-state index in [9.17, 15) is 26.0 Å². The number of nitrogens with two attached hydrogens (primary N) is 3. The van der Waals surface area contributed by atoms with E-state index in [0.29, 0.717) is 30.0 Å². The Labute approximate surface area is 322 Å². The summed E-state index contributed by atoms with van der Waals surface area (Å²) in [5.74, 6) is -3.71. The van der Waals surface area contributed by atoms with E-state index in [1.807, 2.05) is 33.1 Å². The summed E-state index contributed by atoms with van der Waals surface area (Å²) in [5, 5.41) is 0. The third-order valence-corrected chi connectivity index (χ3v) is 8.73. The van der Waals surface area contributed by atoms with Crippen molar-refractivity contribution in [3.05, 3.63) is 124 Å². The minimum absolute atomic E-state index is 0.0299. The molecule has 0 fully saturated rings. The van der Waals surface area contributed by atoms with Gasteiger partial charge in [-0.2, -0.15) is 0 Å². The number of hydrogen-bond donors (Lipinski definition) is 4. The predicted octanol–water partition coefficient (Wildman–Crippen LogP) is 6.58. The number of benzene rings is 4. The lowest BCUT2D eigenvalue weighted by molar-refractivity contribution is 0.407. The third kappa shape index (κ3) is 16.7. The van der Waals surface area contributed by atoms with Gasteiger partial charge in [0.25, 0.3) is 0 Å². The molecule has 0 saturated heterocycles. The van der Waals surface area contributed by atoms with Crippen LogP contribution in [0.5, 0.6) is 23.0 Å². The molecule has 0 bridgehead atoms. The van der Waals surface area contributed by atoms with E-state index in [4.69, 9.17) is 26.7 Å². The first-order valence-electron chi connectivity index (χ1n) is 17.2. The van der Waals surface area contributed by atoms with Crippen LogP contribution in [0.25, 0.3) is 12.2 Å². The minimum Gasteiger partial charge on any atom is -0.451 e. The first-order valence-corrected chi connectivity index (χ1v) is 18.7. The van der Waals surface area contributed by atoms with Crippen molar-refractivity contribution < 1.29 is 35.5 Å². The normalized spacial score (nSPS) is 11.8. The number of rotatable bonds is 15. The van der Waals surface area contributed by atoms with Crippen LogP contribution in [-0.4, -0.2) is 85.7 Å². The Hall–Kier alpha value is -4.61. The fourth-order valence-corrected chi connectivity index (χ4v) is 5.38. The van der Waals surface area contributed by atoms with Gasteiger partial charge in [-0.05, 0) is 114 Å². The fraction of sp³-hybridized carbons (Fsp3) is 0.300. The van der Waals surface area contributed by atoms with Crippen molar-refractivity contribution in [1.29, 1.82) is 0 Å². The smallest absolute Gasteiger partial charge is 0.240 e. The van der Waals surface area contributed by atoms with E-state index in [-0.39, 0.29) is 23.7 Å². The van der Waals surface area contributed by atoms with Crippen molar-refractivity contribution in [2.75, 3.05) is 67.5 Å². The molecule has 0 atom stereocenters. The van der Waals surface area contributed by atoms with Gasteiger partial charge in [-0.25, -0.2) is 30.7 Å². The van der Waals surface area contributed by atoms with E-state index in [2.05, 4.69) is 9.62 Å². The number of halogens is 4. The second kappa shape index (κ2) is 23.3. The van der Waals surface area contributed by atoms with E-state index in [0.717, 1.165) is 36.4 Å². The SMILES string of the molecule is C/C(=C\c1cc(F)c(Oc2ccc(S(=O)(=O)NCCN(C)C)cc2)c(F)c1)CN.C/C(=C\c1cc(F)c(Oc2ccccc2)c(F)c1)CN.CN(C)CCN. The monoisotopic (exact) mass is 788 g/mol. The van der Waals surface area contributed by atoms with Crippen molar-refractivity contribution in [2.45, 2.75) is 18.7 Å². The number of likely N-dealkylation sites (N-methyl/N-ethyl adjacent to an activating group) is 2. The van der Waals surface area contributed by atoms with Gasteiger partial charge in [0.1, 0.15) is 11.5 Å². The van der Waals surface area contributed by atoms with Crippen LogP contribution in [0, 0.1) is 23.3 Å². The minimum atomic E-state index is -3.68. The standard InChI is InChI=1S/C20H25F2N3O3S.C16H15F2NO.C4H12N2/c1-14(13-23)10-15-11-18(21)20(19(22)12-15)28-16-4-6-17(7-5-16)29(26,27)24-8-9-25(2)3;1-11(10-19)7-12-8-14(17)16(15(18)9-12)20-13-5-3-2-4-6-13;1-6(2)4-3-5/h4-7,10-12,24H,8-9,13,23H2,1-3H3;2-9H,10,19H2,1H3;3-5H2,1-2H3/b14-10+;11-7+;. The van der Waals surface area contributed by atoms with Gasteiger partial charge in [0.2, 0.25) is 10.0 Å². The number of nitrogens with zero attached hydrogens (tertiary/aromatic N) is 2. The largest absolute Gasteiger partial charge is 0.451 e. The van der Waals surface area contributed by atoms with Crippen LogP contribution in [-0.2, 0) is 10.0 Å². The molecule has 0 aromatic heterocycles. The van der Waals surface area contributed by atoms with Gasteiger partial charge in [0.05, 0.1) is 4.90 Å². The zero-order valence-electron chi connectivity index (χ0n) is 32.1. The van der Waals surface area contributed by atoms with E-state index < -0.39 is 44.8 Å². The van der Waals surface area contributed by atoms with Gasteiger partial charge in [0, 0.05) is 39.3 Å². The number of para-hydroxylation sites is 1. The highest BCUT2D eigenvalue weighted by atomic mass is 32.2. The van der Waals surface area contributed by atoms with E-state index >= 15 is 0 Å². The third-order valence-electron chi connectivity index (χ3n) is 7.26. The molecule has 0 aliphatic carbocycles. The van der Waals surface area contributed by atoms with Crippen molar-refractivity contribution in [3.8, 4) is 23.0 Å². The summed E-state index contributed by atoms with van der Waals surface area (Å²) in [7, 11) is 4.00. The van der Waals surface area contributed by atoms with Crippen LogP contribution in [0.4, 0.5) is 17.6 Å². The molecule has 4 aromatic carbocycles. The second-order valence-electron chi connectivity index (χ2n) is 12.8. The van der Waals surface area contributed by atoms with Crippen LogP contribution in [0.2, 0.25) is 0 Å². The molecule has 15 heteroatoms. The predicted molar refractivity (Wildman–Crippen MR) is 213 cm³/mol. The lowest BCUT2D eigenvalue weighted by Crippen LogP contribution is -2.31. The first kappa shape index (κ1) is 46.5. The summed E-state index contributed by atoms with van der Waals surface area (Å²) in [5.41, 5.74) is 18.5. The van der Waals surface area contributed by atoms with Gasteiger partial charge < -0.3 is 36.5 Å². The Bertz CT molecular complexity index is 1910. The molecular weight excluding hydrogens is 737 g/mol. The van der Waals surface area contributed by atoms with Crippen LogP contribution >= 0.6 is 0 Å². The molecule has 4 rings (SSSR count). The maximum absolute atomic E-state index is 14.3. The molecule has 55 heavy (non-hydrogen) atoms. The van der Waals surface area contributed by atoms with E-state index in [1.165, 1.54) is 36.4 Å². The molecule has 0 aliphatic rings. The quantitative estimate of drug-likeness (QED) is 0.0981. The molecule has 0 amide bonds.